The molecule has 48 heavy (non-hydrogen) atoms. The normalized spacial score (nSPS) is 13.3. The first-order valence-electron chi connectivity index (χ1n) is 18.2. The van der Waals surface area contributed by atoms with Crippen LogP contribution in [0.25, 0.3) is 0 Å². The van der Waals surface area contributed by atoms with Gasteiger partial charge in [0.05, 0.1) is 6.61 Å². The molecule has 8 nitrogen and oxygen atoms in total. The standard InChI is InChI=1S/C39H65O8P/c1-3-5-7-9-11-13-15-16-17-18-19-20-21-22-24-25-27-29-31-33-38(40)45-35-37(36-46-48(42,43)44)47-39(41)34-32-30-28-26-23-14-12-10-8-6-4-2/h5,7,10-13,16-17,19-20,22,24,37H,3-4,6,8-9,14-15,18,21,23,25-36H2,1-2H3,(H2,42,43,44)/b7-5-,12-10-,13-11-,17-16-,20-19-,24-22-/t37-/m1/s1. The summed E-state index contributed by atoms with van der Waals surface area (Å²) >= 11 is 0. The Balaban J connectivity index is 4.06. The minimum absolute atomic E-state index is 0.190. The van der Waals surface area contributed by atoms with Crippen molar-refractivity contribution >= 4 is 19.8 Å². The maximum Gasteiger partial charge on any atom is 0.469 e. The molecule has 0 radical (unpaired) electrons. The predicted molar refractivity (Wildman–Crippen MR) is 197 cm³/mol. The van der Waals surface area contributed by atoms with E-state index in [9.17, 15) is 14.2 Å². The Morgan fingerprint density at radius 3 is 1.54 bits per heavy atom. The van der Waals surface area contributed by atoms with Crippen molar-refractivity contribution in [3.63, 3.8) is 0 Å². The van der Waals surface area contributed by atoms with Crippen LogP contribution in [0, 0.1) is 0 Å². The maximum absolute atomic E-state index is 12.3. The zero-order valence-electron chi connectivity index (χ0n) is 29.9. The van der Waals surface area contributed by atoms with Gasteiger partial charge in [-0.2, -0.15) is 0 Å². The summed E-state index contributed by atoms with van der Waals surface area (Å²) < 4.78 is 26.2. The van der Waals surface area contributed by atoms with E-state index in [-0.39, 0.29) is 19.4 Å². The summed E-state index contributed by atoms with van der Waals surface area (Å²) in [7, 11) is -4.76. The number of unbranched alkanes of at least 4 members (excludes halogenated alkanes) is 10. The van der Waals surface area contributed by atoms with Gasteiger partial charge in [0.1, 0.15) is 6.61 Å². The van der Waals surface area contributed by atoms with E-state index in [1.165, 1.54) is 12.8 Å². The van der Waals surface area contributed by atoms with Gasteiger partial charge in [-0.1, -0.05) is 125 Å². The Kier molecular flexibility index (Phi) is 32.6. The van der Waals surface area contributed by atoms with Crippen molar-refractivity contribution in [2.24, 2.45) is 0 Å². The van der Waals surface area contributed by atoms with Crippen LogP contribution in [-0.4, -0.2) is 41.0 Å². The highest BCUT2D eigenvalue weighted by molar-refractivity contribution is 7.46. The molecular formula is C39H65O8P. The minimum Gasteiger partial charge on any atom is -0.462 e. The smallest absolute Gasteiger partial charge is 0.462 e. The second-order valence-corrected chi connectivity index (χ2v) is 13.0. The Labute approximate surface area is 291 Å². The van der Waals surface area contributed by atoms with Crippen molar-refractivity contribution in [1.82, 2.24) is 0 Å². The highest BCUT2D eigenvalue weighted by atomic mass is 31.2. The lowest BCUT2D eigenvalue weighted by Crippen LogP contribution is -2.29. The summed E-state index contributed by atoms with van der Waals surface area (Å²) in [5.74, 6) is -0.943. The lowest BCUT2D eigenvalue weighted by molar-refractivity contribution is -0.161. The van der Waals surface area contributed by atoms with Crippen LogP contribution in [0.1, 0.15) is 142 Å². The molecule has 274 valence electrons. The van der Waals surface area contributed by atoms with Gasteiger partial charge in [-0.15, -0.1) is 0 Å². The van der Waals surface area contributed by atoms with Crippen LogP contribution in [0.15, 0.2) is 72.9 Å². The van der Waals surface area contributed by atoms with Gasteiger partial charge in [0.15, 0.2) is 6.10 Å². The summed E-state index contributed by atoms with van der Waals surface area (Å²) in [6.45, 7) is 3.46. The Morgan fingerprint density at radius 1 is 0.562 bits per heavy atom. The molecule has 0 aliphatic rings. The summed E-state index contributed by atoms with van der Waals surface area (Å²) in [5, 5.41) is 0. The highest BCUT2D eigenvalue weighted by Gasteiger charge is 2.22. The molecule has 0 aromatic carbocycles. The van der Waals surface area contributed by atoms with Gasteiger partial charge >= 0.3 is 19.8 Å². The number of rotatable bonds is 32. The molecule has 1 atom stereocenters. The van der Waals surface area contributed by atoms with Crippen LogP contribution in [-0.2, 0) is 28.2 Å². The van der Waals surface area contributed by atoms with Crippen LogP contribution >= 0.6 is 7.82 Å². The predicted octanol–water partition coefficient (Wildman–Crippen LogP) is 10.7. The van der Waals surface area contributed by atoms with Crippen LogP contribution in [0.5, 0.6) is 0 Å². The van der Waals surface area contributed by atoms with Crippen molar-refractivity contribution < 1.29 is 37.9 Å². The van der Waals surface area contributed by atoms with E-state index in [0.717, 1.165) is 89.9 Å². The van der Waals surface area contributed by atoms with Gasteiger partial charge in [0, 0.05) is 12.8 Å². The molecule has 0 spiro atoms. The molecule has 0 unspecified atom stereocenters. The van der Waals surface area contributed by atoms with E-state index >= 15 is 0 Å². The molecule has 0 fully saturated rings. The van der Waals surface area contributed by atoms with Gasteiger partial charge in [-0.25, -0.2) is 4.57 Å². The highest BCUT2D eigenvalue weighted by Crippen LogP contribution is 2.35. The van der Waals surface area contributed by atoms with E-state index in [1.807, 2.05) is 0 Å². The minimum atomic E-state index is -4.76. The zero-order valence-corrected chi connectivity index (χ0v) is 30.7. The second-order valence-electron chi connectivity index (χ2n) is 11.8. The lowest BCUT2D eigenvalue weighted by Gasteiger charge is -2.18. The van der Waals surface area contributed by atoms with Gasteiger partial charge in [-0.3, -0.25) is 14.1 Å². The molecule has 0 bridgehead atoms. The van der Waals surface area contributed by atoms with Gasteiger partial charge in [-0.05, 0) is 77.0 Å². The number of carbonyl (C=O) groups is 2. The number of phosphoric ester groups is 1. The average Bonchev–Trinajstić information content (AvgIpc) is 3.05. The molecule has 0 rings (SSSR count). The van der Waals surface area contributed by atoms with Crippen molar-refractivity contribution in [2.45, 2.75) is 148 Å². The Bertz CT molecular complexity index is 1010. The number of esters is 2. The molecule has 0 aromatic rings. The largest absolute Gasteiger partial charge is 0.469 e. The quantitative estimate of drug-likeness (QED) is 0.0309. The van der Waals surface area contributed by atoms with Crippen LogP contribution < -0.4 is 0 Å². The summed E-state index contributed by atoms with van der Waals surface area (Å²) in [6, 6.07) is 0. The number of carbonyl (C=O) groups excluding carboxylic acids is 2. The second kappa shape index (κ2) is 34.4. The number of allylic oxidation sites excluding steroid dienone is 12. The number of phosphoric acid groups is 1. The molecule has 0 aliphatic heterocycles. The molecule has 0 heterocycles. The molecule has 2 N–H and O–H groups in total. The van der Waals surface area contributed by atoms with Crippen LogP contribution in [0.4, 0.5) is 0 Å². The fraction of sp³-hybridized carbons (Fsp3) is 0.641. The molecule has 0 saturated heterocycles. The van der Waals surface area contributed by atoms with Gasteiger partial charge < -0.3 is 19.3 Å². The number of hydrogen-bond donors (Lipinski definition) is 2. The summed E-state index contributed by atoms with van der Waals surface area (Å²) in [6.07, 6.45) is 43.4. The third kappa shape index (κ3) is 36.3. The maximum atomic E-state index is 12.3. The Hall–Kier alpha value is -2.51. The third-order valence-electron chi connectivity index (χ3n) is 7.21. The Morgan fingerprint density at radius 2 is 1.00 bits per heavy atom. The van der Waals surface area contributed by atoms with Gasteiger partial charge in [0.2, 0.25) is 0 Å². The van der Waals surface area contributed by atoms with Crippen molar-refractivity contribution in [3.05, 3.63) is 72.9 Å². The van der Waals surface area contributed by atoms with Crippen molar-refractivity contribution in [2.75, 3.05) is 13.2 Å². The summed E-state index contributed by atoms with van der Waals surface area (Å²) in [5.41, 5.74) is 0. The van der Waals surface area contributed by atoms with Gasteiger partial charge in [0.25, 0.3) is 0 Å². The molecule has 0 aliphatic carbocycles. The molecular weight excluding hydrogens is 627 g/mol. The molecule has 0 aromatic heterocycles. The van der Waals surface area contributed by atoms with E-state index in [2.05, 4.69) is 91.3 Å². The fourth-order valence-corrected chi connectivity index (χ4v) is 4.86. The average molecular weight is 693 g/mol. The fourth-order valence-electron chi connectivity index (χ4n) is 4.50. The third-order valence-corrected chi connectivity index (χ3v) is 7.69. The van der Waals surface area contributed by atoms with E-state index in [1.54, 1.807) is 0 Å². The molecule has 0 saturated carbocycles. The molecule has 0 amide bonds. The SMILES string of the molecule is CC/C=C\C/C=C\C/C=C\C/C=C\C/C=C\CCCCCC(=O)OC[C@H](COP(=O)(O)O)OC(=O)CCCCCCC/C=C\CCCC. The van der Waals surface area contributed by atoms with E-state index in [0.29, 0.717) is 12.8 Å². The first kappa shape index (κ1) is 45.5. The monoisotopic (exact) mass is 692 g/mol. The number of hydrogen-bond acceptors (Lipinski definition) is 6. The first-order chi connectivity index (χ1) is 23.3. The zero-order chi connectivity index (χ0) is 35.4. The van der Waals surface area contributed by atoms with Crippen molar-refractivity contribution in [1.29, 1.82) is 0 Å². The van der Waals surface area contributed by atoms with E-state index < -0.39 is 32.5 Å². The lowest BCUT2D eigenvalue weighted by atomic mass is 10.1. The first-order valence-corrected chi connectivity index (χ1v) is 19.8. The van der Waals surface area contributed by atoms with E-state index in [4.69, 9.17) is 19.3 Å². The van der Waals surface area contributed by atoms with Crippen LogP contribution in [0.3, 0.4) is 0 Å². The molecule has 9 heteroatoms. The van der Waals surface area contributed by atoms with Crippen LogP contribution in [0.2, 0.25) is 0 Å². The van der Waals surface area contributed by atoms with Crippen molar-refractivity contribution in [3.8, 4) is 0 Å². The summed E-state index contributed by atoms with van der Waals surface area (Å²) in [4.78, 5) is 42.6. The number of ether oxygens (including phenoxy) is 2. The topological polar surface area (TPSA) is 119 Å².